The Hall–Kier alpha value is -1.38. The molecule has 4 bridgehead atoms. The lowest BCUT2D eigenvalue weighted by Gasteiger charge is -2.55. The van der Waals surface area contributed by atoms with Crippen molar-refractivity contribution in [1.29, 1.82) is 0 Å². The van der Waals surface area contributed by atoms with E-state index in [0.717, 1.165) is 19.3 Å². The molecule has 4 saturated carbocycles. The van der Waals surface area contributed by atoms with E-state index in [4.69, 9.17) is 4.74 Å². The zero-order valence-corrected chi connectivity index (χ0v) is 19.6. The summed E-state index contributed by atoms with van der Waals surface area (Å²) < 4.78 is 33.3. The van der Waals surface area contributed by atoms with Crippen molar-refractivity contribution in [3.63, 3.8) is 0 Å². The van der Waals surface area contributed by atoms with Gasteiger partial charge in [-0.2, -0.15) is 16.5 Å². The Morgan fingerprint density at radius 2 is 1.68 bits per heavy atom. The first-order valence-corrected chi connectivity index (χ1v) is 14.0. The SMILES string of the molecule is CSCCC(NS(=O)(=O)c1ccccc1)C(=O)OCC(=O)C12CC3CC(CC(C3)C1)C2. The molecular formula is C23H31NO5S2. The van der Waals surface area contributed by atoms with E-state index in [1.165, 1.54) is 43.2 Å². The molecule has 6 nitrogen and oxygen atoms in total. The molecule has 4 aliphatic carbocycles. The third-order valence-corrected chi connectivity index (χ3v) is 9.35. The van der Waals surface area contributed by atoms with Crippen LogP contribution in [0.2, 0.25) is 0 Å². The molecule has 1 unspecified atom stereocenters. The van der Waals surface area contributed by atoms with Crippen LogP contribution in [0.4, 0.5) is 0 Å². The largest absolute Gasteiger partial charge is 0.456 e. The number of rotatable bonds is 10. The summed E-state index contributed by atoms with van der Waals surface area (Å²) in [5, 5.41) is 0. The van der Waals surface area contributed by atoms with Gasteiger partial charge < -0.3 is 4.74 Å². The second kappa shape index (κ2) is 9.24. The Balaban J connectivity index is 1.39. The van der Waals surface area contributed by atoms with Crippen LogP contribution in [0, 0.1) is 23.2 Å². The summed E-state index contributed by atoms with van der Waals surface area (Å²) in [6.45, 7) is -0.256. The Labute approximate surface area is 188 Å². The highest BCUT2D eigenvalue weighted by molar-refractivity contribution is 7.98. The summed E-state index contributed by atoms with van der Waals surface area (Å²) >= 11 is 1.52. The normalized spacial score (nSPS) is 30.2. The van der Waals surface area contributed by atoms with Crippen LogP contribution in [0.1, 0.15) is 44.9 Å². The van der Waals surface area contributed by atoms with Crippen LogP contribution in [-0.2, 0) is 24.3 Å². The van der Waals surface area contributed by atoms with Gasteiger partial charge in [0.2, 0.25) is 10.0 Å². The maximum absolute atomic E-state index is 13.1. The van der Waals surface area contributed by atoms with E-state index in [0.29, 0.717) is 29.9 Å². The number of hydrogen-bond acceptors (Lipinski definition) is 6. The molecule has 1 N–H and O–H groups in total. The van der Waals surface area contributed by atoms with Crippen LogP contribution in [-0.4, -0.2) is 44.8 Å². The van der Waals surface area contributed by atoms with Crippen molar-refractivity contribution < 1.29 is 22.7 Å². The van der Waals surface area contributed by atoms with Crippen molar-refractivity contribution in [3.8, 4) is 0 Å². The molecule has 0 radical (unpaired) electrons. The standard InChI is InChI=1S/C23H31NO5S2/c1-30-8-7-20(24-31(27,28)19-5-3-2-4-6-19)22(26)29-15-21(25)23-12-16-9-17(13-23)11-18(10-16)14-23/h2-6,16-18,20,24H,7-15H2,1H3. The fourth-order valence-electron chi connectivity index (χ4n) is 6.16. The summed E-state index contributed by atoms with van der Waals surface area (Å²) in [7, 11) is -3.86. The maximum atomic E-state index is 13.1. The minimum atomic E-state index is -3.86. The third kappa shape index (κ3) is 5.01. The van der Waals surface area contributed by atoms with Crippen molar-refractivity contribution in [2.75, 3.05) is 18.6 Å². The fourth-order valence-corrected chi connectivity index (χ4v) is 7.87. The minimum absolute atomic E-state index is 0.0227. The minimum Gasteiger partial charge on any atom is -0.456 e. The fraction of sp³-hybridized carbons (Fsp3) is 0.652. The van der Waals surface area contributed by atoms with Crippen LogP contribution in [0.5, 0.6) is 0 Å². The number of ketones is 1. The molecule has 4 aliphatic rings. The van der Waals surface area contributed by atoms with Gasteiger partial charge in [0.1, 0.15) is 6.04 Å². The quantitative estimate of drug-likeness (QED) is 0.533. The van der Waals surface area contributed by atoms with Crippen LogP contribution in [0.25, 0.3) is 0 Å². The van der Waals surface area contributed by atoms with Gasteiger partial charge in [0.05, 0.1) is 4.90 Å². The van der Waals surface area contributed by atoms with Gasteiger partial charge in [-0.05, 0) is 86.8 Å². The van der Waals surface area contributed by atoms with E-state index in [2.05, 4.69) is 4.72 Å². The summed E-state index contributed by atoms with van der Waals surface area (Å²) in [6, 6.07) is 6.95. The third-order valence-electron chi connectivity index (χ3n) is 7.22. The Morgan fingerprint density at radius 1 is 1.10 bits per heavy atom. The summed E-state index contributed by atoms with van der Waals surface area (Å²) in [4.78, 5) is 26.0. The Bertz CT molecular complexity index is 880. The monoisotopic (exact) mass is 465 g/mol. The molecule has 8 heteroatoms. The van der Waals surface area contributed by atoms with E-state index >= 15 is 0 Å². The highest BCUT2D eigenvalue weighted by Gasteiger charge is 2.54. The number of sulfonamides is 1. The number of carbonyl (C=O) groups is 2. The summed E-state index contributed by atoms with van der Waals surface area (Å²) in [5.41, 5.74) is -0.326. The maximum Gasteiger partial charge on any atom is 0.324 e. The van der Waals surface area contributed by atoms with Crippen LogP contribution in [0.3, 0.4) is 0 Å². The lowest BCUT2D eigenvalue weighted by molar-refractivity contribution is -0.158. The molecule has 170 valence electrons. The van der Waals surface area contributed by atoms with Crippen molar-refractivity contribution in [3.05, 3.63) is 30.3 Å². The first-order valence-electron chi connectivity index (χ1n) is 11.1. The predicted octanol–water partition coefficient (Wildman–Crippen LogP) is 3.42. The van der Waals surface area contributed by atoms with Crippen LogP contribution < -0.4 is 4.72 Å². The number of esters is 1. The van der Waals surface area contributed by atoms with Gasteiger partial charge in [-0.15, -0.1) is 0 Å². The van der Waals surface area contributed by atoms with E-state index < -0.39 is 22.0 Å². The highest BCUT2D eigenvalue weighted by atomic mass is 32.2. The molecule has 1 atom stereocenters. The second-order valence-electron chi connectivity index (χ2n) is 9.50. The number of nitrogens with one attached hydrogen (secondary N) is 1. The van der Waals surface area contributed by atoms with Crippen molar-refractivity contribution in [1.82, 2.24) is 4.72 Å². The summed E-state index contributed by atoms with van der Waals surface area (Å²) in [5.74, 6) is 1.86. The second-order valence-corrected chi connectivity index (χ2v) is 12.2. The van der Waals surface area contributed by atoms with Gasteiger partial charge in [0, 0.05) is 5.41 Å². The van der Waals surface area contributed by atoms with Crippen LogP contribution >= 0.6 is 11.8 Å². The molecule has 0 heterocycles. The lowest BCUT2D eigenvalue weighted by atomic mass is 9.48. The van der Waals surface area contributed by atoms with E-state index in [-0.39, 0.29) is 22.7 Å². The van der Waals surface area contributed by atoms with Gasteiger partial charge in [-0.25, -0.2) is 8.42 Å². The molecule has 0 spiro atoms. The van der Waals surface area contributed by atoms with Crippen molar-refractivity contribution in [2.24, 2.45) is 23.2 Å². The number of Topliss-reactive ketones (excluding diaryl/α,β-unsaturated/α-hetero) is 1. The number of carbonyl (C=O) groups excluding carboxylic acids is 2. The van der Waals surface area contributed by atoms with Crippen molar-refractivity contribution >= 4 is 33.5 Å². The van der Waals surface area contributed by atoms with Gasteiger partial charge in [-0.3, -0.25) is 9.59 Å². The zero-order chi connectivity index (χ0) is 22.1. The number of benzene rings is 1. The van der Waals surface area contributed by atoms with E-state index in [9.17, 15) is 18.0 Å². The molecule has 5 rings (SSSR count). The first-order chi connectivity index (χ1) is 14.8. The Kier molecular flexibility index (Phi) is 6.79. The van der Waals surface area contributed by atoms with Gasteiger partial charge >= 0.3 is 5.97 Å². The summed E-state index contributed by atoms with van der Waals surface area (Å²) in [6.07, 6.45) is 8.69. The molecular weight excluding hydrogens is 434 g/mol. The van der Waals surface area contributed by atoms with Crippen molar-refractivity contribution in [2.45, 2.75) is 55.9 Å². The molecule has 4 fully saturated rings. The van der Waals surface area contributed by atoms with E-state index in [1.807, 2.05) is 6.26 Å². The Morgan fingerprint density at radius 3 is 2.23 bits per heavy atom. The molecule has 0 aliphatic heterocycles. The first kappa shape index (κ1) is 22.8. The zero-order valence-electron chi connectivity index (χ0n) is 17.9. The lowest BCUT2D eigenvalue weighted by Crippen LogP contribution is -2.51. The smallest absolute Gasteiger partial charge is 0.324 e. The predicted molar refractivity (Wildman–Crippen MR) is 120 cm³/mol. The van der Waals surface area contributed by atoms with Crippen LogP contribution in [0.15, 0.2) is 35.2 Å². The van der Waals surface area contributed by atoms with E-state index in [1.54, 1.807) is 18.2 Å². The number of thioether (sulfide) groups is 1. The average Bonchev–Trinajstić information content (AvgIpc) is 2.74. The molecule has 1 aromatic rings. The van der Waals surface area contributed by atoms with Gasteiger partial charge in [0.15, 0.2) is 12.4 Å². The molecule has 0 saturated heterocycles. The molecule has 0 amide bonds. The van der Waals surface area contributed by atoms with Gasteiger partial charge in [-0.1, -0.05) is 18.2 Å². The highest BCUT2D eigenvalue weighted by Crippen LogP contribution is 2.60. The molecule has 1 aromatic carbocycles. The molecule has 0 aromatic heterocycles. The number of hydrogen-bond donors (Lipinski definition) is 1. The average molecular weight is 466 g/mol. The topological polar surface area (TPSA) is 89.5 Å². The number of ether oxygens (including phenoxy) is 1. The van der Waals surface area contributed by atoms with Gasteiger partial charge in [0.25, 0.3) is 0 Å². The molecule has 31 heavy (non-hydrogen) atoms.